The van der Waals surface area contributed by atoms with Gasteiger partial charge >= 0.3 is 5.97 Å². The largest absolute Gasteiger partial charge is 0.467 e. The first kappa shape index (κ1) is 13.0. The zero-order chi connectivity index (χ0) is 14.3. The number of ether oxygens (including phenoxy) is 1. The highest BCUT2D eigenvalue weighted by molar-refractivity contribution is 7.16. The van der Waals surface area contributed by atoms with Crippen LogP contribution >= 0.6 is 11.3 Å². The summed E-state index contributed by atoms with van der Waals surface area (Å²) < 4.78 is 5.43. The number of hydrogen-bond acceptors (Lipinski definition) is 6. The maximum absolute atomic E-state index is 12.2. The molecule has 7 heteroatoms. The van der Waals surface area contributed by atoms with Crippen molar-refractivity contribution in [3.05, 3.63) is 29.3 Å². The minimum absolute atomic E-state index is 0.0424. The van der Waals surface area contributed by atoms with Crippen molar-refractivity contribution in [1.29, 1.82) is 0 Å². The fourth-order valence-corrected chi connectivity index (χ4v) is 2.93. The second-order valence-electron chi connectivity index (χ2n) is 4.72. The normalized spacial score (nSPS) is 16.8. The van der Waals surface area contributed by atoms with E-state index in [2.05, 4.69) is 9.72 Å². The van der Waals surface area contributed by atoms with Crippen molar-refractivity contribution in [2.24, 2.45) is 0 Å². The molecule has 0 atom stereocenters. The highest BCUT2D eigenvalue weighted by Gasteiger charge is 2.50. The van der Waals surface area contributed by atoms with Crippen molar-refractivity contribution in [3.63, 3.8) is 0 Å². The number of carbonyl (C=O) groups excluding carboxylic acids is 2. The summed E-state index contributed by atoms with van der Waals surface area (Å²) in [6.07, 6.45) is 0. The number of methoxy groups -OCH3 is 1. The average molecular weight is 292 g/mol. The molecule has 1 aliphatic heterocycles. The Hall–Kier alpha value is -1.99. The highest BCUT2D eigenvalue weighted by Crippen LogP contribution is 2.26. The molecule has 1 aromatic heterocycles. The second-order valence-corrected chi connectivity index (χ2v) is 5.61. The van der Waals surface area contributed by atoms with E-state index in [4.69, 9.17) is 0 Å². The van der Waals surface area contributed by atoms with Crippen LogP contribution in [0.2, 0.25) is 0 Å². The number of carbonyl (C=O) groups is 2. The quantitative estimate of drug-likeness (QED) is 0.822. The van der Waals surface area contributed by atoms with Gasteiger partial charge in [-0.05, 0) is 18.2 Å². The molecule has 0 aliphatic carbocycles. The lowest BCUT2D eigenvalue weighted by Crippen LogP contribution is -2.67. The van der Waals surface area contributed by atoms with Crippen molar-refractivity contribution in [3.8, 4) is 0 Å². The topological polar surface area (TPSA) is 79.7 Å². The number of likely N-dealkylation sites (tertiary alicyclic amines) is 1. The van der Waals surface area contributed by atoms with Gasteiger partial charge in [0.15, 0.2) is 5.60 Å². The first-order valence-corrected chi connectivity index (χ1v) is 6.85. The van der Waals surface area contributed by atoms with Crippen LogP contribution in [-0.2, 0) is 9.53 Å². The van der Waals surface area contributed by atoms with E-state index in [0.29, 0.717) is 5.56 Å². The van der Waals surface area contributed by atoms with Crippen LogP contribution in [0.15, 0.2) is 23.7 Å². The standard InChI is InChI=1S/C13H12N2O4S/c1-19-12(17)13(18)5-15(6-13)11(16)8-2-3-9-10(4-8)20-7-14-9/h2-4,7,18H,5-6H2,1H3. The minimum atomic E-state index is -1.57. The molecular formula is C13H12N2O4S. The fourth-order valence-electron chi connectivity index (χ4n) is 2.22. The van der Waals surface area contributed by atoms with Gasteiger partial charge in [0.25, 0.3) is 5.91 Å². The van der Waals surface area contributed by atoms with Crippen LogP contribution in [0.3, 0.4) is 0 Å². The molecule has 1 amide bonds. The smallest absolute Gasteiger partial charge is 0.341 e. The third-order valence-corrected chi connectivity index (χ3v) is 4.13. The number of fused-ring (bicyclic) bond motifs is 1. The van der Waals surface area contributed by atoms with Gasteiger partial charge in [-0.25, -0.2) is 9.78 Å². The third-order valence-electron chi connectivity index (χ3n) is 3.34. The Bertz CT molecular complexity index is 690. The summed E-state index contributed by atoms with van der Waals surface area (Å²) in [7, 11) is 1.21. The summed E-state index contributed by atoms with van der Waals surface area (Å²) in [4.78, 5) is 29.1. The number of aliphatic hydroxyl groups is 1. The monoisotopic (exact) mass is 292 g/mol. The number of β-amino-alcohol motifs (C(OH)–C–C–N with tert-alkyl or cyclic N) is 1. The van der Waals surface area contributed by atoms with Crippen molar-refractivity contribution in [1.82, 2.24) is 9.88 Å². The number of thiazole rings is 1. The van der Waals surface area contributed by atoms with Crippen LogP contribution in [0.5, 0.6) is 0 Å². The van der Waals surface area contributed by atoms with E-state index in [-0.39, 0.29) is 19.0 Å². The lowest BCUT2D eigenvalue weighted by molar-refractivity contribution is -0.177. The predicted octanol–water partition coefficient (Wildman–Crippen LogP) is 0.656. The Morgan fingerprint density at radius 1 is 1.45 bits per heavy atom. The van der Waals surface area contributed by atoms with Crippen LogP contribution < -0.4 is 0 Å². The molecule has 0 radical (unpaired) electrons. The summed E-state index contributed by atoms with van der Waals surface area (Å²) in [5, 5.41) is 9.91. The molecule has 1 fully saturated rings. The zero-order valence-corrected chi connectivity index (χ0v) is 11.5. The lowest BCUT2D eigenvalue weighted by atomic mass is 9.93. The van der Waals surface area contributed by atoms with E-state index in [1.165, 1.54) is 23.3 Å². The minimum Gasteiger partial charge on any atom is -0.467 e. The molecule has 0 bridgehead atoms. The van der Waals surface area contributed by atoms with Gasteiger partial charge in [-0.3, -0.25) is 4.79 Å². The molecule has 3 rings (SSSR count). The van der Waals surface area contributed by atoms with Gasteiger partial charge in [0.05, 0.1) is 35.9 Å². The SMILES string of the molecule is COC(=O)C1(O)CN(C(=O)c2ccc3ncsc3c2)C1. The number of esters is 1. The summed E-state index contributed by atoms with van der Waals surface area (Å²) in [5.74, 6) is -0.923. The number of hydrogen-bond donors (Lipinski definition) is 1. The maximum Gasteiger partial charge on any atom is 0.341 e. The zero-order valence-electron chi connectivity index (χ0n) is 10.7. The number of rotatable bonds is 2. The van der Waals surface area contributed by atoms with Crippen LogP contribution in [-0.4, -0.2) is 52.7 Å². The molecule has 2 heterocycles. The van der Waals surface area contributed by atoms with Crippen LogP contribution in [0.25, 0.3) is 10.2 Å². The third kappa shape index (κ3) is 1.95. The highest BCUT2D eigenvalue weighted by atomic mass is 32.1. The molecule has 1 saturated heterocycles. The van der Waals surface area contributed by atoms with Gasteiger partial charge in [-0.1, -0.05) is 0 Å². The van der Waals surface area contributed by atoms with Gasteiger partial charge in [0, 0.05) is 5.56 Å². The van der Waals surface area contributed by atoms with Crippen LogP contribution in [0, 0.1) is 0 Å². The molecule has 2 aromatic rings. The Morgan fingerprint density at radius 2 is 2.20 bits per heavy atom. The number of benzene rings is 1. The van der Waals surface area contributed by atoms with Crippen molar-refractivity contribution in [2.45, 2.75) is 5.60 Å². The molecule has 1 aliphatic rings. The van der Waals surface area contributed by atoms with Gasteiger partial charge in [-0.15, -0.1) is 11.3 Å². The molecule has 20 heavy (non-hydrogen) atoms. The Labute approximate surface area is 118 Å². The second kappa shape index (κ2) is 4.53. The summed E-state index contributed by atoms with van der Waals surface area (Å²) in [5.41, 5.74) is 1.52. The predicted molar refractivity (Wildman–Crippen MR) is 72.5 cm³/mol. The fraction of sp³-hybridized carbons (Fsp3) is 0.308. The Morgan fingerprint density at radius 3 is 2.90 bits per heavy atom. The Balaban J connectivity index is 1.76. The van der Waals surface area contributed by atoms with E-state index in [1.54, 1.807) is 23.7 Å². The van der Waals surface area contributed by atoms with Crippen molar-refractivity contribution < 1.29 is 19.4 Å². The molecule has 6 nitrogen and oxygen atoms in total. The lowest BCUT2D eigenvalue weighted by Gasteiger charge is -2.43. The molecule has 0 spiro atoms. The molecule has 1 aromatic carbocycles. The van der Waals surface area contributed by atoms with Gasteiger partial charge < -0.3 is 14.7 Å². The first-order valence-electron chi connectivity index (χ1n) is 5.97. The average Bonchev–Trinajstić information content (AvgIpc) is 2.89. The number of nitrogens with zero attached hydrogens (tertiary/aromatic N) is 2. The molecule has 0 saturated carbocycles. The van der Waals surface area contributed by atoms with Gasteiger partial charge in [0.2, 0.25) is 0 Å². The van der Waals surface area contributed by atoms with E-state index in [9.17, 15) is 14.7 Å². The maximum atomic E-state index is 12.2. The summed E-state index contributed by atoms with van der Waals surface area (Å²) >= 11 is 1.46. The van der Waals surface area contributed by atoms with Crippen molar-refractivity contribution in [2.75, 3.05) is 20.2 Å². The summed E-state index contributed by atoms with van der Waals surface area (Å²) in [6.45, 7) is -0.0849. The molecule has 1 N–H and O–H groups in total. The van der Waals surface area contributed by atoms with Gasteiger partial charge in [-0.2, -0.15) is 0 Å². The number of amides is 1. The molecule has 0 unspecified atom stereocenters. The molecular weight excluding hydrogens is 280 g/mol. The number of aromatic nitrogens is 1. The van der Waals surface area contributed by atoms with E-state index >= 15 is 0 Å². The van der Waals surface area contributed by atoms with E-state index < -0.39 is 11.6 Å². The van der Waals surface area contributed by atoms with E-state index in [0.717, 1.165) is 10.2 Å². The van der Waals surface area contributed by atoms with Crippen molar-refractivity contribution >= 4 is 33.4 Å². The van der Waals surface area contributed by atoms with E-state index in [1.807, 2.05) is 0 Å². The van der Waals surface area contributed by atoms with Gasteiger partial charge in [0.1, 0.15) is 0 Å². The first-order chi connectivity index (χ1) is 9.53. The Kier molecular flexibility index (Phi) is 2.95. The van der Waals surface area contributed by atoms with Crippen LogP contribution in [0.4, 0.5) is 0 Å². The molecule has 104 valence electrons. The van der Waals surface area contributed by atoms with Crippen LogP contribution in [0.1, 0.15) is 10.4 Å². The summed E-state index contributed by atoms with van der Waals surface area (Å²) in [6, 6.07) is 5.25.